The highest BCUT2D eigenvalue weighted by Gasteiger charge is 2.04. The summed E-state index contributed by atoms with van der Waals surface area (Å²) in [5.41, 5.74) is 3.98. The maximum Gasteiger partial charge on any atom is 0.106 e. The van der Waals surface area contributed by atoms with Gasteiger partial charge in [-0.15, -0.1) is 5.10 Å². The largest absolute Gasteiger partial charge is 0.219 e. The molecule has 0 radical (unpaired) electrons. The van der Waals surface area contributed by atoms with Gasteiger partial charge < -0.3 is 0 Å². The van der Waals surface area contributed by atoms with Crippen LogP contribution in [0.25, 0.3) is 17.8 Å². The first-order valence-corrected chi connectivity index (χ1v) is 7.02. The van der Waals surface area contributed by atoms with E-state index in [1.807, 2.05) is 48.7 Å². The third kappa shape index (κ3) is 3.20. The van der Waals surface area contributed by atoms with E-state index in [2.05, 4.69) is 35.4 Å². The SMILES string of the molecule is Cc1cccc(/C=C/c2cn(-c3ccccc3Cl)nn2)c1. The Morgan fingerprint density at radius 2 is 1.90 bits per heavy atom. The molecule has 0 bridgehead atoms. The lowest BCUT2D eigenvalue weighted by molar-refractivity contribution is 0.803. The van der Waals surface area contributed by atoms with Gasteiger partial charge in [0.05, 0.1) is 16.9 Å². The van der Waals surface area contributed by atoms with Crippen molar-refractivity contribution in [3.63, 3.8) is 0 Å². The van der Waals surface area contributed by atoms with E-state index in [-0.39, 0.29) is 0 Å². The molecule has 0 atom stereocenters. The standard InChI is InChI=1S/C17H14ClN3/c1-13-5-4-6-14(11-13)9-10-15-12-21(20-19-15)17-8-3-2-7-16(17)18/h2-12H,1H3/b10-9+. The Morgan fingerprint density at radius 1 is 1.05 bits per heavy atom. The van der Waals surface area contributed by atoms with Gasteiger partial charge in [-0.2, -0.15) is 0 Å². The Bertz CT molecular complexity index is 790. The number of nitrogens with zero attached hydrogens (tertiary/aromatic N) is 3. The highest BCUT2D eigenvalue weighted by Crippen LogP contribution is 2.19. The van der Waals surface area contributed by atoms with Crippen LogP contribution in [0.2, 0.25) is 5.02 Å². The number of rotatable bonds is 3. The van der Waals surface area contributed by atoms with Crippen LogP contribution in [-0.4, -0.2) is 15.0 Å². The summed E-state index contributed by atoms with van der Waals surface area (Å²) in [6.45, 7) is 2.07. The van der Waals surface area contributed by atoms with Gasteiger partial charge in [0.15, 0.2) is 0 Å². The number of hydrogen-bond donors (Lipinski definition) is 0. The molecule has 0 aliphatic heterocycles. The smallest absolute Gasteiger partial charge is 0.106 e. The van der Waals surface area contributed by atoms with Gasteiger partial charge in [0, 0.05) is 0 Å². The predicted octanol–water partition coefficient (Wildman–Crippen LogP) is 4.40. The third-order valence-corrected chi connectivity index (χ3v) is 3.42. The minimum absolute atomic E-state index is 0.650. The fourth-order valence-corrected chi connectivity index (χ4v) is 2.29. The molecule has 3 nitrogen and oxygen atoms in total. The summed E-state index contributed by atoms with van der Waals surface area (Å²) in [4.78, 5) is 0. The Morgan fingerprint density at radius 3 is 2.71 bits per heavy atom. The molecule has 0 unspecified atom stereocenters. The van der Waals surface area contributed by atoms with Crippen molar-refractivity contribution in [3.05, 3.63) is 76.6 Å². The summed E-state index contributed by atoms with van der Waals surface area (Å²) in [5.74, 6) is 0. The van der Waals surface area contributed by atoms with Gasteiger partial charge in [0.1, 0.15) is 5.69 Å². The second kappa shape index (κ2) is 5.94. The topological polar surface area (TPSA) is 30.7 Å². The summed E-state index contributed by atoms with van der Waals surface area (Å²) in [7, 11) is 0. The second-order valence-electron chi connectivity index (χ2n) is 4.79. The average molecular weight is 296 g/mol. The average Bonchev–Trinajstić information content (AvgIpc) is 2.94. The van der Waals surface area contributed by atoms with E-state index in [0.29, 0.717) is 5.02 Å². The monoisotopic (exact) mass is 295 g/mol. The van der Waals surface area contributed by atoms with Gasteiger partial charge in [-0.1, -0.05) is 64.9 Å². The van der Waals surface area contributed by atoms with E-state index >= 15 is 0 Å². The Kier molecular flexibility index (Phi) is 3.84. The number of para-hydroxylation sites is 1. The molecule has 0 N–H and O–H groups in total. The fraction of sp³-hybridized carbons (Fsp3) is 0.0588. The van der Waals surface area contributed by atoms with E-state index in [1.54, 1.807) is 4.68 Å². The number of hydrogen-bond acceptors (Lipinski definition) is 2. The lowest BCUT2D eigenvalue weighted by atomic mass is 10.1. The molecule has 104 valence electrons. The molecule has 0 saturated carbocycles. The number of benzene rings is 2. The van der Waals surface area contributed by atoms with Gasteiger partial charge in [-0.05, 0) is 30.7 Å². The minimum atomic E-state index is 0.650. The van der Waals surface area contributed by atoms with Crippen molar-refractivity contribution in [3.8, 4) is 5.69 Å². The fourth-order valence-electron chi connectivity index (χ4n) is 2.06. The molecular weight excluding hydrogens is 282 g/mol. The van der Waals surface area contributed by atoms with Crippen LogP contribution < -0.4 is 0 Å². The normalized spacial score (nSPS) is 11.1. The van der Waals surface area contributed by atoms with Crippen molar-refractivity contribution in [1.82, 2.24) is 15.0 Å². The molecule has 21 heavy (non-hydrogen) atoms. The van der Waals surface area contributed by atoms with Gasteiger partial charge in [0.25, 0.3) is 0 Å². The Balaban J connectivity index is 1.84. The Labute approximate surface area is 128 Å². The summed E-state index contributed by atoms with van der Waals surface area (Å²) in [5, 5.41) is 8.90. The van der Waals surface area contributed by atoms with Gasteiger partial charge in [-0.25, -0.2) is 4.68 Å². The summed E-state index contributed by atoms with van der Waals surface area (Å²) in [6.07, 6.45) is 5.82. The van der Waals surface area contributed by atoms with E-state index < -0.39 is 0 Å². The van der Waals surface area contributed by atoms with Crippen LogP contribution in [-0.2, 0) is 0 Å². The maximum absolute atomic E-state index is 6.15. The molecule has 0 aliphatic carbocycles. The van der Waals surface area contributed by atoms with Crippen molar-refractivity contribution in [1.29, 1.82) is 0 Å². The summed E-state index contributed by atoms with van der Waals surface area (Å²) < 4.78 is 1.68. The molecule has 2 aromatic carbocycles. The van der Waals surface area contributed by atoms with E-state index in [1.165, 1.54) is 5.56 Å². The predicted molar refractivity (Wildman–Crippen MR) is 86.5 cm³/mol. The zero-order valence-electron chi connectivity index (χ0n) is 11.6. The highest BCUT2D eigenvalue weighted by molar-refractivity contribution is 6.32. The quantitative estimate of drug-likeness (QED) is 0.717. The molecular formula is C17H14ClN3. The number of aryl methyl sites for hydroxylation is 1. The first-order valence-electron chi connectivity index (χ1n) is 6.64. The summed E-state index contributed by atoms with van der Waals surface area (Å²) >= 11 is 6.15. The zero-order valence-corrected chi connectivity index (χ0v) is 12.3. The van der Waals surface area contributed by atoms with E-state index in [4.69, 9.17) is 11.6 Å². The highest BCUT2D eigenvalue weighted by atomic mass is 35.5. The maximum atomic E-state index is 6.15. The zero-order chi connectivity index (χ0) is 14.7. The molecule has 0 spiro atoms. The lowest BCUT2D eigenvalue weighted by Crippen LogP contribution is -1.95. The van der Waals surface area contributed by atoms with Crippen LogP contribution in [0.15, 0.2) is 54.7 Å². The molecule has 0 saturated heterocycles. The molecule has 1 aromatic heterocycles. The molecule has 3 rings (SSSR count). The van der Waals surface area contributed by atoms with E-state index in [0.717, 1.165) is 16.9 Å². The van der Waals surface area contributed by atoms with Crippen LogP contribution in [0.1, 0.15) is 16.8 Å². The molecule has 0 aliphatic rings. The lowest BCUT2D eigenvalue weighted by Gasteiger charge is -2.00. The van der Waals surface area contributed by atoms with Crippen molar-refractivity contribution in [2.75, 3.05) is 0 Å². The van der Waals surface area contributed by atoms with Crippen LogP contribution in [0.4, 0.5) is 0 Å². The third-order valence-electron chi connectivity index (χ3n) is 3.10. The Hall–Kier alpha value is -2.39. The van der Waals surface area contributed by atoms with Crippen LogP contribution >= 0.6 is 11.6 Å². The van der Waals surface area contributed by atoms with E-state index in [9.17, 15) is 0 Å². The van der Waals surface area contributed by atoms with Gasteiger partial charge >= 0.3 is 0 Å². The molecule has 4 heteroatoms. The first-order chi connectivity index (χ1) is 10.2. The molecule has 0 fully saturated rings. The van der Waals surface area contributed by atoms with Gasteiger partial charge in [0.2, 0.25) is 0 Å². The number of aromatic nitrogens is 3. The van der Waals surface area contributed by atoms with Crippen LogP contribution in [0.5, 0.6) is 0 Å². The molecule has 0 amide bonds. The summed E-state index contributed by atoms with van der Waals surface area (Å²) in [6, 6.07) is 15.8. The van der Waals surface area contributed by atoms with Crippen LogP contribution in [0.3, 0.4) is 0 Å². The molecule has 1 heterocycles. The van der Waals surface area contributed by atoms with Crippen molar-refractivity contribution in [2.45, 2.75) is 6.92 Å². The van der Waals surface area contributed by atoms with Crippen molar-refractivity contribution in [2.24, 2.45) is 0 Å². The molecule has 3 aromatic rings. The van der Waals surface area contributed by atoms with Crippen molar-refractivity contribution < 1.29 is 0 Å². The van der Waals surface area contributed by atoms with Gasteiger partial charge in [-0.3, -0.25) is 0 Å². The minimum Gasteiger partial charge on any atom is -0.219 e. The second-order valence-corrected chi connectivity index (χ2v) is 5.19. The number of halogens is 1. The van der Waals surface area contributed by atoms with Crippen molar-refractivity contribution >= 4 is 23.8 Å². The van der Waals surface area contributed by atoms with Crippen LogP contribution in [0, 0.1) is 6.92 Å². The first kappa shape index (κ1) is 13.6.